The van der Waals surface area contributed by atoms with Crippen LogP contribution in [0.2, 0.25) is 0 Å². The molecule has 90 valence electrons. The van der Waals surface area contributed by atoms with E-state index in [1.54, 1.807) is 23.7 Å². The van der Waals surface area contributed by atoms with Crippen molar-refractivity contribution in [3.63, 3.8) is 0 Å². The molecule has 0 aliphatic rings. The van der Waals surface area contributed by atoms with Crippen LogP contribution in [0.15, 0.2) is 30.6 Å². The van der Waals surface area contributed by atoms with E-state index in [1.807, 2.05) is 29.8 Å². The second-order valence-corrected chi connectivity index (χ2v) is 5.07. The van der Waals surface area contributed by atoms with E-state index in [4.69, 9.17) is 12.2 Å². The maximum Gasteiger partial charge on any atom is 0.195 e. The van der Waals surface area contributed by atoms with Gasteiger partial charge in [0.05, 0.1) is 10.6 Å². The first-order valence-electron chi connectivity index (χ1n) is 5.24. The average molecular weight is 275 g/mol. The van der Waals surface area contributed by atoms with Gasteiger partial charge in [-0.25, -0.2) is 4.98 Å². The molecule has 18 heavy (non-hydrogen) atoms. The molecule has 0 aliphatic heterocycles. The summed E-state index contributed by atoms with van der Waals surface area (Å²) < 4.78 is 2.42. The Morgan fingerprint density at radius 2 is 2.22 bits per heavy atom. The fourth-order valence-corrected chi connectivity index (χ4v) is 2.60. The number of pyridine rings is 1. The van der Waals surface area contributed by atoms with Crippen LogP contribution >= 0.6 is 23.6 Å². The van der Waals surface area contributed by atoms with Crippen LogP contribution in [0, 0.1) is 4.77 Å². The third-order valence-electron chi connectivity index (χ3n) is 2.49. The normalized spacial score (nSPS) is 10.7. The summed E-state index contributed by atoms with van der Waals surface area (Å²) in [6, 6.07) is 5.76. The lowest BCUT2D eigenvalue weighted by Gasteiger charge is -1.94. The third-order valence-corrected chi connectivity index (χ3v) is 3.87. The number of hydrogen-bond acceptors (Lipinski definition) is 5. The molecule has 0 unspecified atom stereocenters. The number of nitrogens with zero attached hydrogens (tertiary/aromatic N) is 4. The van der Waals surface area contributed by atoms with Gasteiger partial charge in [0, 0.05) is 19.4 Å². The topological polar surface area (TPSA) is 59.4 Å². The Morgan fingerprint density at radius 3 is 2.89 bits per heavy atom. The summed E-state index contributed by atoms with van der Waals surface area (Å²) in [5, 5.41) is 7.83. The molecule has 0 radical (unpaired) electrons. The van der Waals surface area contributed by atoms with Crippen LogP contribution in [0.5, 0.6) is 0 Å². The maximum absolute atomic E-state index is 5.09. The minimum atomic E-state index is 0.595. The fourth-order valence-electron chi connectivity index (χ4n) is 1.55. The second kappa shape index (κ2) is 4.43. The molecule has 0 bridgehead atoms. The van der Waals surface area contributed by atoms with Gasteiger partial charge in [-0.1, -0.05) is 6.07 Å². The van der Waals surface area contributed by atoms with E-state index in [-0.39, 0.29) is 0 Å². The Bertz CT molecular complexity index is 725. The highest BCUT2D eigenvalue weighted by molar-refractivity contribution is 7.71. The van der Waals surface area contributed by atoms with Gasteiger partial charge in [-0.2, -0.15) is 5.10 Å². The first-order valence-corrected chi connectivity index (χ1v) is 6.47. The van der Waals surface area contributed by atoms with Crippen molar-refractivity contribution >= 4 is 23.6 Å². The fraction of sp³-hybridized carbons (Fsp3) is 0.0909. The summed E-state index contributed by atoms with van der Waals surface area (Å²) in [5.41, 5.74) is 0.866. The standard InChI is InChI=1S/C11H9N5S2/c1-16-9(14-15-11(16)17)8-6-13-10(18-8)7-4-2-3-5-12-7/h2-6H,1H3,(H,15,17). The molecule has 7 heteroatoms. The molecule has 3 rings (SSSR count). The molecule has 3 heterocycles. The number of rotatable bonds is 2. The van der Waals surface area contributed by atoms with Crippen LogP contribution in [-0.4, -0.2) is 24.7 Å². The van der Waals surface area contributed by atoms with Gasteiger partial charge in [-0.05, 0) is 24.4 Å². The Balaban J connectivity index is 2.05. The van der Waals surface area contributed by atoms with Crippen LogP contribution in [0.3, 0.4) is 0 Å². The molecule has 0 atom stereocenters. The lowest BCUT2D eigenvalue weighted by molar-refractivity contribution is 0.903. The molecular formula is C11H9N5S2. The summed E-state index contributed by atoms with van der Waals surface area (Å²) in [4.78, 5) is 9.61. The third kappa shape index (κ3) is 1.87. The van der Waals surface area contributed by atoms with Crippen molar-refractivity contribution in [1.29, 1.82) is 0 Å². The first kappa shape index (κ1) is 11.2. The Morgan fingerprint density at radius 1 is 1.33 bits per heavy atom. The number of thiazole rings is 1. The molecule has 0 amide bonds. The van der Waals surface area contributed by atoms with E-state index in [9.17, 15) is 0 Å². The zero-order valence-corrected chi connectivity index (χ0v) is 11.1. The molecule has 5 nitrogen and oxygen atoms in total. The van der Waals surface area contributed by atoms with E-state index in [0.717, 1.165) is 21.4 Å². The van der Waals surface area contributed by atoms with E-state index < -0.39 is 0 Å². The molecule has 3 aromatic heterocycles. The molecule has 0 spiro atoms. The second-order valence-electron chi connectivity index (χ2n) is 3.66. The van der Waals surface area contributed by atoms with Crippen molar-refractivity contribution in [2.24, 2.45) is 7.05 Å². The largest absolute Gasteiger partial charge is 0.303 e. The van der Waals surface area contributed by atoms with Gasteiger partial charge < -0.3 is 4.57 Å². The predicted octanol–water partition coefficient (Wildman–Crippen LogP) is 2.66. The predicted molar refractivity (Wildman–Crippen MR) is 72.7 cm³/mol. The summed E-state index contributed by atoms with van der Waals surface area (Å²) in [6.45, 7) is 0. The zero-order valence-electron chi connectivity index (χ0n) is 9.49. The Hall–Kier alpha value is -1.86. The highest BCUT2D eigenvalue weighted by atomic mass is 32.1. The van der Waals surface area contributed by atoms with Crippen LogP contribution in [0.25, 0.3) is 21.4 Å². The maximum atomic E-state index is 5.09. The zero-order chi connectivity index (χ0) is 12.5. The monoisotopic (exact) mass is 275 g/mol. The van der Waals surface area contributed by atoms with Gasteiger partial charge in [0.1, 0.15) is 5.01 Å². The molecule has 0 saturated heterocycles. The molecular weight excluding hydrogens is 266 g/mol. The molecule has 0 aliphatic carbocycles. The Labute approximate surface area is 112 Å². The SMILES string of the molecule is Cn1c(-c2cnc(-c3ccccn3)s2)n[nH]c1=S. The van der Waals surface area contributed by atoms with E-state index in [1.165, 1.54) is 0 Å². The summed E-state index contributed by atoms with van der Waals surface area (Å²) in [7, 11) is 1.88. The van der Waals surface area contributed by atoms with E-state index in [0.29, 0.717) is 4.77 Å². The lowest BCUT2D eigenvalue weighted by atomic mass is 10.4. The highest BCUT2D eigenvalue weighted by Crippen LogP contribution is 2.29. The van der Waals surface area contributed by atoms with Crippen molar-refractivity contribution in [1.82, 2.24) is 24.7 Å². The number of aromatic amines is 1. The van der Waals surface area contributed by atoms with Gasteiger partial charge in [-0.15, -0.1) is 11.3 Å². The number of H-pyrrole nitrogens is 1. The van der Waals surface area contributed by atoms with Gasteiger partial charge in [0.15, 0.2) is 10.6 Å². The van der Waals surface area contributed by atoms with Gasteiger partial charge >= 0.3 is 0 Å². The molecule has 0 saturated carbocycles. The van der Waals surface area contributed by atoms with E-state index in [2.05, 4.69) is 20.2 Å². The van der Waals surface area contributed by atoms with Gasteiger partial charge in [0.2, 0.25) is 0 Å². The minimum Gasteiger partial charge on any atom is -0.303 e. The summed E-state index contributed by atoms with van der Waals surface area (Å²) >= 11 is 6.63. The molecule has 0 aromatic carbocycles. The molecule has 0 fully saturated rings. The van der Waals surface area contributed by atoms with Crippen LogP contribution in [0.1, 0.15) is 0 Å². The van der Waals surface area contributed by atoms with E-state index >= 15 is 0 Å². The van der Waals surface area contributed by atoms with Crippen molar-refractivity contribution < 1.29 is 0 Å². The Kier molecular flexibility index (Phi) is 2.77. The smallest absolute Gasteiger partial charge is 0.195 e. The first-order chi connectivity index (χ1) is 8.75. The number of hydrogen-bond donors (Lipinski definition) is 1. The average Bonchev–Trinajstić information content (AvgIpc) is 3.00. The van der Waals surface area contributed by atoms with Gasteiger partial charge in [-0.3, -0.25) is 10.1 Å². The van der Waals surface area contributed by atoms with Gasteiger partial charge in [0.25, 0.3) is 0 Å². The van der Waals surface area contributed by atoms with Crippen molar-refractivity contribution in [3.8, 4) is 21.4 Å². The van der Waals surface area contributed by atoms with Crippen molar-refractivity contribution in [3.05, 3.63) is 35.4 Å². The van der Waals surface area contributed by atoms with Crippen LogP contribution in [-0.2, 0) is 7.05 Å². The minimum absolute atomic E-state index is 0.595. The molecule has 1 N–H and O–H groups in total. The molecule has 3 aromatic rings. The summed E-state index contributed by atoms with van der Waals surface area (Å²) in [5.74, 6) is 0.791. The quantitative estimate of drug-likeness (QED) is 0.730. The highest BCUT2D eigenvalue weighted by Gasteiger charge is 2.11. The number of nitrogens with one attached hydrogen (secondary N) is 1. The lowest BCUT2D eigenvalue weighted by Crippen LogP contribution is -1.89. The van der Waals surface area contributed by atoms with Crippen LogP contribution < -0.4 is 0 Å². The van der Waals surface area contributed by atoms with Crippen molar-refractivity contribution in [2.45, 2.75) is 0 Å². The van der Waals surface area contributed by atoms with Crippen LogP contribution in [0.4, 0.5) is 0 Å². The van der Waals surface area contributed by atoms with Crippen molar-refractivity contribution in [2.75, 3.05) is 0 Å². The number of aromatic nitrogens is 5. The summed E-state index contributed by atoms with van der Waals surface area (Å²) in [6.07, 6.45) is 3.55.